The number of aromatic nitrogens is 3. The lowest BCUT2D eigenvalue weighted by Gasteiger charge is -2.28. The molecule has 2 aliphatic rings. The summed E-state index contributed by atoms with van der Waals surface area (Å²) >= 11 is 0. The van der Waals surface area contributed by atoms with Crippen LogP contribution < -0.4 is 4.90 Å². The third kappa shape index (κ3) is 3.43. The quantitative estimate of drug-likeness (QED) is 0.210. The van der Waals surface area contributed by atoms with E-state index >= 15 is 0 Å². The summed E-state index contributed by atoms with van der Waals surface area (Å²) < 4.78 is 4.73. The molecule has 10 rings (SSSR count). The lowest BCUT2D eigenvalue weighted by Crippen LogP contribution is -2.28. The molecule has 5 heteroatoms. The van der Waals surface area contributed by atoms with Crippen LogP contribution in [0.3, 0.4) is 0 Å². The number of nitrogens with zero attached hydrogens (tertiary/aromatic N) is 5. The Morgan fingerprint density at radius 3 is 2.11 bits per heavy atom. The van der Waals surface area contributed by atoms with E-state index in [1.165, 1.54) is 38.7 Å². The number of benzene rings is 5. The molecule has 0 spiro atoms. The van der Waals surface area contributed by atoms with Crippen molar-refractivity contribution in [2.45, 2.75) is 12.1 Å². The predicted molar refractivity (Wildman–Crippen MR) is 186 cm³/mol. The van der Waals surface area contributed by atoms with Gasteiger partial charge in [0.05, 0.1) is 33.6 Å². The first-order valence-corrected chi connectivity index (χ1v) is 15.4. The van der Waals surface area contributed by atoms with E-state index in [1.807, 2.05) is 18.5 Å². The van der Waals surface area contributed by atoms with Crippen molar-refractivity contribution in [2.75, 3.05) is 4.90 Å². The molecule has 5 aromatic carbocycles. The van der Waals surface area contributed by atoms with E-state index in [2.05, 4.69) is 148 Å². The van der Waals surface area contributed by atoms with Crippen molar-refractivity contribution in [3.05, 3.63) is 151 Å². The number of rotatable bonds is 3. The average molecular weight is 578 g/mol. The molecule has 0 saturated heterocycles. The van der Waals surface area contributed by atoms with Crippen LogP contribution in [-0.4, -0.2) is 26.4 Å². The molecule has 0 radical (unpaired) electrons. The van der Waals surface area contributed by atoms with Crippen molar-refractivity contribution in [3.63, 3.8) is 0 Å². The maximum Gasteiger partial charge on any atom is 0.101 e. The Morgan fingerprint density at radius 2 is 1.22 bits per heavy atom. The zero-order chi connectivity index (χ0) is 29.5. The number of para-hydroxylation sites is 3. The van der Waals surface area contributed by atoms with Crippen molar-refractivity contribution in [3.8, 4) is 11.4 Å². The van der Waals surface area contributed by atoms with Gasteiger partial charge >= 0.3 is 0 Å². The van der Waals surface area contributed by atoms with E-state index in [0.29, 0.717) is 0 Å². The number of hydrogen-bond acceptors (Lipinski definition) is 3. The van der Waals surface area contributed by atoms with Gasteiger partial charge in [-0.05, 0) is 78.9 Å². The predicted octanol–water partition coefficient (Wildman–Crippen LogP) is 9.48. The zero-order valence-corrected chi connectivity index (χ0v) is 24.3. The van der Waals surface area contributed by atoms with Gasteiger partial charge in [0.15, 0.2) is 0 Å². The van der Waals surface area contributed by atoms with Crippen LogP contribution in [0, 0.1) is 0 Å². The van der Waals surface area contributed by atoms with Gasteiger partial charge in [0.2, 0.25) is 0 Å². The Kier molecular flexibility index (Phi) is 5.05. The first-order valence-electron chi connectivity index (χ1n) is 15.4. The third-order valence-corrected chi connectivity index (χ3v) is 9.49. The lowest BCUT2D eigenvalue weighted by atomic mass is 10.0. The fourth-order valence-electron chi connectivity index (χ4n) is 7.62. The Hall–Kier alpha value is -5.94. The summed E-state index contributed by atoms with van der Waals surface area (Å²) in [6.45, 7) is 0. The van der Waals surface area contributed by atoms with Crippen molar-refractivity contribution in [2.24, 2.45) is 4.99 Å². The number of pyridine rings is 1. The van der Waals surface area contributed by atoms with Crippen molar-refractivity contribution in [1.29, 1.82) is 0 Å². The van der Waals surface area contributed by atoms with E-state index in [9.17, 15) is 0 Å². The third-order valence-electron chi connectivity index (χ3n) is 9.49. The van der Waals surface area contributed by atoms with E-state index in [4.69, 9.17) is 9.98 Å². The van der Waals surface area contributed by atoms with Crippen LogP contribution >= 0.6 is 0 Å². The molecule has 0 amide bonds. The fourth-order valence-corrected chi connectivity index (χ4v) is 7.62. The molecule has 0 saturated carbocycles. The minimum absolute atomic E-state index is 0.100. The summed E-state index contributed by atoms with van der Waals surface area (Å²) in [6, 6.07) is 46.1. The lowest BCUT2D eigenvalue weighted by molar-refractivity contribution is 0.667. The average Bonchev–Trinajstić information content (AvgIpc) is 3.74. The van der Waals surface area contributed by atoms with E-state index in [0.717, 1.165) is 33.3 Å². The molecule has 0 bridgehead atoms. The summed E-state index contributed by atoms with van der Waals surface area (Å²) in [7, 11) is 0. The highest BCUT2D eigenvalue weighted by Gasteiger charge is 2.38. The first-order chi connectivity index (χ1) is 22.3. The number of aliphatic imine (C=N–C) groups is 1. The molecule has 2 atom stereocenters. The Labute approximate surface area is 259 Å². The molecule has 212 valence electrons. The summed E-state index contributed by atoms with van der Waals surface area (Å²) in [5.41, 5.74) is 11.6. The number of dihydropyridines is 1. The Morgan fingerprint density at radius 1 is 0.533 bits per heavy atom. The highest BCUT2D eigenvalue weighted by atomic mass is 15.2. The van der Waals surface area contributed by atoms with Crippen LogP contribution in [0.2, 0.25) is 0 Å². The van der Waals surface area contributed by atoms with E-state index < -0.39 is 0 Å². The van der Waals surface area contributed by atoms with Crippen LogP contribution in [0.5, 0.6) is 0 Å². The van der Waals surface area contributed by atoms with Gasteiger partial charge in [0.25, 0.3) is 0 Å². The summed E-state index contributed by atoms with van der Waals surface area (Å²) in [6.07, 6.45) is 8.17. The number of fused-ring (bicyclic) bond motifs is 9. The molecule has 0 aliphatic carbocycles. The molecule has 5 nitrogen and oxygen atoms in total. The topological polar surface area (TPSA) is 38.4 Å². The second kappa shape index (κ2) is 9.28. The van der Waals surface area contributed by atoms with Gasteiger partial charge in [0.1, 0.15) is 6.04 Å². The standard InChI is InChI=1S/C40H27N5/c1-2-10-26(11-3-1)43-35-20-18-27(44-33-14-6-4-12-29(33)39-37(44)16-8-22-41-39)24-31(35)32-25-28(19-21-36(32)43)45-34-15-7-5-13-30(34)40-38(45)17-9-23-42-40/h1-25,37,39H. The van der Waals surface area contributed by atoms with Crippen LogP contribution in [0.15, 0.2) is 151 Å². The van der Waals surface area contributed by atoms with Gasteiger partial charge < -0.3 is 14.0 Å². The van der Waals surface area contributed by atoms with Gasteiger partial charge in [-0.2, -0.15) is 0 Å². The highest BCUT2D eigenvalue weighted by molar-refractivity contribution is 6.12. The minimum Gasteiger partial charge on any atom is -0.332 e. The molecular weight excluding hydrogens is 550 g/mol. The smallest absolute Gasteiger partial charge is 0.101 e. The van der Waals surface area contributed by atoms with Gasteiger partial charge in [-0.3, -0.25) is 9.98 Å². The number of hydrogen-bond donors (Lipinski definition) is 0. The van der Waals surface area contributed by atoms with Crippen molar-refractivity contribution in [1.82, 2.24) is 14.1 Å². The minimum atomic E-state index is 0.100. The van der Waals surface area contributed by atoms with Crippen LogP contribution in [-0.2, 0) is 0 Å². The molecule has 2 aliphatic heterocycles. The van der Waals surface area contributed by atoms with Gasteiger partial charge in [-0.15, -0.1) is 0 Å². The largest absolute Gasteiger partial charge is 0.332 e. The summed E-state index contributed by atoms with van der Waals surface area (Å²) in [4.78, 5) is 12.1. The molecule has 0 N–H and O–H groups in total. The first kappa shape index (κ1) is 24.5. The van der Waals surface area contributed by atoms with Crippen LogP contribution in [0.4, 0.5) is 11.4 Å². The number of anilines is 2. The van der Waals surface area contributed by atoms with Crippen LogP contribution in [0.25, 0.3) is 55.1 Å². The Bertz CT molecular complexity index is 2460. The fraction of sp³-hybridized carbons (Fsp3) is 0.0500. The van der Waals surface area contributed by atoms with Gasteiger partial charge in [-0.1, -0.05) is 60.7 Å². The number of allylic oxidation sites excluding steroid dienone is 1. The van der Waals surface area contributed by atoms with Gasteiger partial charge in [0, 0.05) is 56.9 Å². The molecule has 8 aromatic rings. The summed E-state index contributed by atoms with van der Waals surface area (Å²) in [5.74, 6) is 0. The summed E-state index contributed by atoms with van der Waals surface area (Å²) in [5, 5.41) is 3.59. The normalized spacial score (nSPS) is 17.1. The van der Waals surface area contributed by atoms with E-state index in [1.54, 1.807) is 0 Å². The zero-order valence-electron chi connectivity index (χ0n) is 24.3. The van der Waals surface area contributed by atoms with Crippen molar-refractivity contribution < 1.29 is 0 Å². The monoisotopic (exact) mass is 577 g/mol. The SMILES string of the molecule is C1=CC2C(N=C1)c1ccccc1N2c1ccc2c(c1)c1cc(-n3c4ccccc4c4ncccc43)ccc1n2-c1ccccc1. The highest BCUT2D eigenvalue weighted by Crippen LogP contribution is 2.48. The molecule has 45 heavy (non-hydrogen) atoms. The van der Waals surface area contributed by atoms with Crippen LogP contribution in [0.1, 0.15) is 11.6 Å². The molecule has 0 fully saturated rings. The molecule has 3 aromatic heterocycles. The van der Waals surface area contributed by atoms with Gasteiger partial charge in [-0.25, -0.2) is 0 Å². The van der Waals surface area contributed by atoms with E-state index in [-0.39, 0.29) is 12.1 Å². The second-order valence-electron chi connectivity index (χ2n) is 11.8. The maximum atomic E-state index is 4.89. The molecular formula is C40H27N5. The molecule has 5 heterocycles. The van der Waals surface area contributed by atoms with Crippen molar-refractivity contribution >= 4 is 61.3 Å². The Balaban J connectivity index is 1.25. The molecule has 2 unspecified atom stereocenters. The second-order valence-corrected chi connectivity index (χ2v) is 11.8. The maximum absolute atomic E-state index is 4.89.